The molecule has 1 aromatic heterocycles. The van der Waals surface area contributed by atoms with Crippen LogP contribution in [0.2, 0.25) is 0 Å². The fraction of sp³-hybridized carbons (Fsp3) is 0.0909. The summed E-state index contributed by atoms with van der Waals surface area (Å²) in [6.45, 7) is 3.76. The predicted octanol–water partition coefficient (Wildman–Crippen LogP) is 4.93. The number of anilines is 3. The van der Waals surface area contributed by atoms with Crippen molar-refractivity contribution in [3.05, 3.63) is 83.7 Å². The van der Waals surface area contributed by atoms with Crippen molar-refractivity contribution in [2.45, 2.75) is 18.7 Å². The monoisotopic (exact) mass is 422 g/mol. The van der Waals surface area contributed by atoms with Crippen molar-refractivity contribution < 1.29 is 12.8 Å². The van der Waals surface area contributed by atoms with Gasteiger partial charge < -0.3 is 5.32 Å². The molecule has 152 valence electrons. The zero-order valence-corrected chi connectivity index (χ0v) is 17.2. The molecule has 3 aromatic carbocycles. The molecule has 0 radical (unpaired) electrons. The number of hydrogen-bond donors (Lipinski definition) is 2. The molecule has 0 aliphatic heterocycles. The SMILES string of the molecule is Cc1ccc(S(=O)(=O)Nc2nc3ccccc3nc2Nc2cccc(F)c2)cc1C. The molecular weight excluding hydrogens is 403 g/mol. The molecule has 6 nitrogen and oxygen atoms in total. The molecule has 0 amide bonds. The Balaban J connectivity index is 1.79. The molecule has 4 aromatic rings. The predicted molar refractivity (Wildman–Crippen MR) is 116 cm³/mol. The summed E-state index contributed by atoms with van der Waals surface area (Å²) in [6.07, 6.45) is 0. The van der Waals surface area contributed by atoms with Gasteiger partial charge in [-0.25, -0.2) is 22.8 Å². The van der Waals surface area contributed by atoms with Crippen LogP contribution in [-0.4, -0.2) is 18.4 Å². The quantitative estimate of drug-likeness (QED) is 0.476. The second-order valence-electron chi connectivity index (χ2n) is 6.90. The molecule has 4 rings (SSSR count). The summed E-state index contributed by atoms with van der Waals surface area (Å²) in [5.41, 5.74) is 3.38. The maximum absolute atomic E-state index is 13.6. The zero-order valence-electron chi connectivity index (χ0n) is 16.3. The lowest BCUT2D eigenvalue weighted by Crippen LogP contribution is -2.16. The normalized spacial score (nSPS) is 11.4. The first-order valence-electron chi connectivity index (χ1n) is 9.21. The van der Waals surface area contributed by atoms with Crippen LogP contribution in [0.25, 0.3) is 11.0 Å². The Morgan fingerprint density at radius 1 is 0.800 bits per heavy atom. The number of para-hydroxylation sites is 2. The first kappa shape index (κ1) is 19.8. The highest BCUT2D eigenvalue weighted by molar-refractivity contribution is 7.92. The van der Waals surface area contributed by atoms with Crippen molar-refractivity contribution >= 4 is 38.4 Å². The van der Waals surface area contributed by atoms with Gasteiger partial charge >= 0.3 is 0 Å². The third-order valence-electron chi connectivity index (χ3n) is 4.68. The lowest BCUT2D eigenvalue weighted by Gasteiger charge is -2.14. The lowest BCUT2D eigenvalue weighted by atomic mass is 10.1. The molecule has 30 heavy (non-hydrogen) atoms. The largest absolute Gasteiger partial charge is 0.337 e. The average molecular weight is 422 g/mol. The molecule has 0 aliphatic rings. The molecule has 2 N–H and O–H groups in total. The van der Waals surface area contributed by atoms with Crippen LogP contribution in [0, 0.1) is 19.7 Å². The number of nitrogens with zero attached hydrogens (tertiary/aromatic N) is 2. The number of aryl methyl sites for hydroxylation is 2. The summed E-state index contributed by atoms with van der Waals surface area (Å²) >= 11 is 0. The summed E-state index contributed by atoms with van der Waals surface area (Å²) < 4.78 is 42.1. The molecule has 0 spiro atoms. The zero-order chi connectivity index (χ0) is 21.3. The van der Waals surface area contributed by atoms with Gasteiger partial charge in [0.15, 0.2) is 11.6 Å². The van der Waals surface area contributed by atoms with Gasteiger partial charge in [-0.1, -0.05) is 24.3 Å². The Morgan fingerprint density at radius 2 is 1.50 bits per heavy atom. The molecule has 0 unspecified atom stereocenters. The molecule has 0 aliphatic carbocycles. The Kier molecular flexibility index (Phi) is 5.09. The minimum absolute atomic E-state index is 0.0242. The van der Waals surface area contributed by atoms with E-state index in [-0.39, 0.29) is 16.5 Å². The van der Waals surface area contributed by atoms with Gasteiger partial charge in [-0.05, 0) is 67.4 Å². The maximum Gasteiger partial charge on any atom is 0.263 e. The highest BCUT2D eigenvalue weighted by Gasteiger charge is 2.19. The van der Waals surface area contributed by atoms with E-state index in [9.17, 15) is 12.8 Å². The van der Waals surface area contributed by atoms with E-state index in [4.69, 9.17) is 0 Å². The number of hydrogen-bond acceptors (Lipinski definition) is 5. The van der Waals surface area contributed by atoms with E-state index in [0.717, 1.165) is 11.1 Å². The van der Waals surface area contributed by atoms with E-state index in [2.05, 4.69) is 20.0 Å². The van der Waals surface area contributed by atoms with Crippen LogP contribution in [0.1, 0.15) is 11.1 Å². The van der Waals surface area contributed by atoms with Gasteiger partial charge in [0.2, 0.25) is 0 Å². The Labute approximate surface area is 173 Å². The number of sulfonamides is 1. The van der Waals surface area contributed by atoms with Crippen LogP contribution in [0.4, 0.5) is 21.7 Å². The molecule has 0 fully saturated rings. The van der Waals surface area contributed by atoms with Crippen LogP contribution in [0.3, 0.4) is 0 Å². The van der Waals surface area contributed by atoms with Crippen molar-refractivity contribution in [2.75, 3.05) is 10.0 Å². The molecule has 1 heterocycles. The minimum atomic E-state index is -3.91. The van der Waals surface area contributed by atoms with E-state index in [1.165, 1.54) is 12.1 Å². The average Bonchev–Trinajstić information content (AvgIpc) is 2.70. The number of nitrogens with one attached hydrogen (secondary N) is 2. The van der Waals surface area contributed by atoms with Gasteiger partial charge in [-0.15, -0.1) is 0 Å². The molecule has 0 saturated carbocycles. The molecular formula is C22H19FN4O2S. The standard InChI is InChI=1S/C22H19FN4O2S/c1-14-10-11-18(12-15(14)2)30(28,29)27-22-21(24-17-7-5-6-16(23)13-17)25-19-8-3-4-9-20(19)26-22/h3-13H,1-2H3,(H,24,25)(H,26,27). The van der Waals surface area contributed by atoms with Crippen molar-refractivity contribution in [3.63, 3.8) is 0 Å². The van der Waals surface area contributed by atoms with E-state index < -0.39 is 15.8 Å². The Morgan fingerprint density at radius 3 is 2.17 bits per heavy atom. The van der Waals surface area contributed by atoms with Gasteiger partial charge in [0.25, 0.3) is 10.0 Å². The summed E-state index contributed by atoms with van der Waals surface area (Å²) in [4.78, 5) is 9.04. The molecule has 0 atom stereocenters. The summed E-state index contributed by atoms with van der Waals surface area (Å²) in [6, 6.07) is 17.8. The molecule has 8 heteroatoms. The topological polar surface area (TPSA) is 84.0 Å². The van der Waals surface area contributed by atoms with Gasteiger partial charge in [-0.2, -0.15) is 0 Å². The fourth-order valence-corrected chi connectivity index (χ4v) is 4.02. The highest BCUT2D eigenvalue weighted by Crippen LogP contribution is 2.27. The number of rotatable bonds is 5. The first-order chi connectivity index (χ1) is 14.3. The molecule has 0 bridgehead atoms. The maximum atomic E-state index is 13.6. The second-order valence-corrected chi connectivity index (χ2v) is 8.58. The second kappa shape index (κ2) is 7.72. The number of aromatic nitrogens is 2. The van der Waals surface area contributed by atoms with Crippen LogP contribution < -0.4 is 10.0 Å². The van der Waals surface area contributed by atoms with Crippen LogP contribution in [0.5, 0.6) is 0 Å². The summed E-state index contributed by atoms with van der Waals surface area (Å²) in [5, 5.41) is 2.96. The van der Waals surface area contributed by atoms with Gasteiger partial charge in [0.05, 0.1) is 15.9 Å². The third-order valence-corrected chi connectivity index (χ3v) is 6.01. The van der Waals surface area contributed by atoms with E-state index >= 15 is 0 Å². The van der Waals surface area contributed by atoms with E-state index in [0.29, 0.717) is 16.7 Å². The Bertz CT molecular complexity index is 1360. The molecule has 0 saturated heterocycles. The van der Waals surface area contributed by atoms with Crippen molar-refractivity contribution in [3.8, 4) is 0 Å². The van der Waals surface area contributed by atoms with E-state index in [1.54, 1.807) is 48.5 Å². The number of halogens is 1. The highest BCUT2D eigenvalue weighted by atomic mass is 32.2. The number of fused-ring (bicyclic) bond motifs is 1. The van der Waals surface area contributed by atoms with Crippen molar-refractivity contribution in [1.82, 2.24) is 9.97 Å². The van der Waals surface area contributed by atoms with Crippen molar-refractivity contribution in [1.29, 1.82) is 0 Å². The Hall–Kier alpha value is -3.52. The van der Waals surface area contributed by atoms with Crippen LogP contribution in [0.15, 0.2) is 71.6 Å². The van der Waals surface area contributed by atoms with Gasteiger partial charge in [0, 0.05) is 5.69 Å². The van der Waals surface area contributed by atoms with E-state index in [1.807, 2.05) is 19.9 Å². The van der Waals surface area contributed by atoms with Crippen molar-refractivity contribution in [2.24, 2.45) is 0 Å². The third kappa shape index (κ3) is 4.08. The number of benzene rings is 3. The van der Waals surface area contributed by atoms with Crippen LogP contribution >= 0.6 is 0 Å². The van der Waals surface area contributed by atoms with Gasteiger partial charge in [0.1, 0.15) is 5.82 Å². The smallest absolute Gasteiger partial charge is 0.263 e. The minimum Gasteiger partial charge on any atom is -0.337 e. The van der Waals surface area contributed by atoms with Crippen LogP contribution in [-0.2, 0) is 10.0 Å². The first-order valence-corrected chi connectivity index (χ1v) is 10.7. The summed E-state index contributed by atoms with van der Waals surface area (Å²) in [5.74, 6) is -0.228. The fourth-order valence-electron chi connectivity index (χ4n) is 2.93. The van der Waals surface area contributed by atoms with Gasteiger partial charge in [-0.3, -0.25) is 4.72 Å². The summed E-state index contributed by atoms with van der Waals surface area (Å²) in [7, 11) is -3.91. The lowest BCUT2D eigenvalue weighted by molar-refractivity contribution is 0.601.